The fourth-order valence-corrected chi connectivity index (χ4v) is 4.76. The molecule has 0 radical (unpaired) electrons. The summed E-state index contributed by atoms with van der Waals surface area (Å²) in [6.07, 6.45) is 1.33. The Morgan fingerprint density at radius 1 is 1.06 bits per heavy atom. The highest BCUT2D eigenvalue weighted by molar-refractivity contribution is 7.15. The molecule has 1 fully saturated rings. The summed E-state index contributed by atoms with van der Waals surface area (Å²) in [6, 6.07) is 12.2. The van der Waals surface area contributed by atoms with E-state index in [4.69, 9.17) is 14.2 Å². The number of fused-ring (bicyclic) bond motifs is 1. The van der Waals surface area contributed by atoms with Gasteiger partial charge in [-0.3, -0.25) is 14.4 Å². The van der Waals surface area contributed by atoms with Crippen LogP contribution in [-0.4, -0.2) is 59.8 Å². The SMILES string of the molecule is COc1ccccc1NC(=O)[C@@H]1CCCN(C(=O)c2nnc(C(=O)Nc3ccc4c(c3)OCO4)s2)C1. The molecule has 5 rings (SSSR count). The minimum Gasteiger partial charge on any atom is -0.495 e. The van der Waals surface area contributed by atoms with Gasteiger partial charge in [0.25, 0.3) is 11.8 Å². The first-order chi connectivity index (χ1) is 17.5. The van der Waals surface area contributed by atoms with Gasteiger partial charge in [0.15, 0.2) is 11.5 Å². The number of carbonyl (C=O) groups is 3. The highest BCUT2D eigenvalue weighted by Crippen LogP contribution is 2.34. The average Bonchev–Trinajstić information content (AvgIpc) is 3.58. The first-order valence-electron chi connectivity index (χ1n) is 11.3. The molecular formula is C24H23N5O6S. The Morgan fingerprint density at radius 3 is 2.72 bits per heavy atom. The van der Waals surface area contributed by atoms with Crippen LogP contribution in [0.15, 0.2) is 42.5 Å². The lowest BCUT2D eigenvalue weighted by Crippen LogP contribution is -2.43. The molecular weight excluding hydrogens is 486 g/mol. The molecule has 1 atom stereocenters. The number of rotatable bonds is 6. The molecule has 0 spiro atoms. The second-order valence-electron chi connectivity index (χ2n) is 8.21. The van der Waals surface area contributed by atoms with Gasteiger partial charge < -0.3 is 29.7 Å². The second kappa shape index (κ2) is 10.2. The van der Waals surface area contributed by atoms with E-state index in [1.165, 1.54) is 7.11 Å². The number of nitrogens with one attached hydrogen (secondary N) is 2. The molecule has 1 aromatic heterocycles. The molecule has 1 saturated heterocycles. The molecule has 2 N–H and O–H groups in total. The summed E-state index contributed by atoms with van der Waals surface area (Å²) in [5.41, 5.74) is 1.09. The summed E-state index contributed by atoms with van der Waals surface area (Å²) < 4.78 is 15.9. The fourth-order valence-electron chi connectivity index (χ4n) is 4.05. The van der Waals surface area contributed by atoms with E-state index in [1.54, 1.807) is 35.2 Å². The van der Waals surface area contributed by atoms with Gasteiger partial charge in [-0.2, -0.15) is 0 Å². The Kier molecular flexibility index (Phi) is 6.67. The standard InChI is InChI=1S/C24H23N5O6S/c1-33-17-7-3-2-6-16(17)26-20(30)14-5-4-10-29(12-14)24(32)23-28-27-22(36-23)21(31)25-15-8-9-18-19(11-15)35-13-34-18/h2-3,6-9,11,14H,4-5,10,12-13H2,1H3,(H,25,31)(H,26,30)/t14-/m1/s1. The number of amides is 3. The maximum Gasteiger partial charge on any atom is 0.286 e. The van der Waals surface area contributed by atoms with E-state index < -0.39 is 5.91 Å². The predicted molar refractivity (Wildman–Crippen MR) is 131 cm³/mol. The van der Waals surface area contributed by atoms with Crippen LogP contribution in [0.5, 0.6) is 17.2 Å². The van der Waals surface area contributed by atoms with Crippen LogP contribution in [0.25, 0.3) is 0 Å². The number of para-hydroxylation sites is 2. The van der Waals surface area contributed by atoms with Crippen molar-refractivity contribution in [3.63, 3.8) is 0 Å². The van der Waals surface area contributed by atoms with Crippen molar-refractivity contribution in [2.75, 3.05) is 37.6 Å². The monoisotopic (exact) mass is 509 g/mol. The van der Waals surface area contributed by atoms with E-state index in [-0.39, 0.29) is 41.1 Å². The van der Waals surface area contributed by atoms with Crippen LogP contribution in [0.3, 0.4) is 0 Å². The number of methoxy groups -OCH3 is 1. The van der Waals surface area contributed by atoms with Gasteiger partial charge in [-0.05, 0) is 37.1 Å². The van der Waals surface area contributed by atoms with E-state index in [9.17, 15) is 14.4 Å². The minimum absolute atomic E-state index is 0.0542. The van der Waals surface area contributed by atoms with E-state index in [0.29, 0.717) is 48.0 Å². The molecule has 2 aliphatic heterocycles. The van der Waals surface area contributed by atoms with Crippen LogP contribution >= 0.6 is 11.3 Å². The Hall–Kier alpha value is -4.19. The van der Waals surface area contributed by atoms with Crippen molar-refractivity contribution in [3.8, 4) is 17.2 Å². The molecule has 36 heavy (non-hydrogen) atoms. The van der Waals surface area contributed by atoms with Crippen LogP contribution in [-0.2, 0) is 4.79 Å². The summed E-state index contributed by atoms with van der Waals surface area (Å²) in [4.78, 5) is 40.2. The zero-order valence-corrected chi connectivity index (χ0v) is 20.2. The number of likely N-dealkylation sites (tertiary alicyclic amines) is 1. The third-order valence-electron chi connectivity index (χ3n) is 5.88. The Morgan fingerprint density at radius 2 is 1.86 bits per heavy atom. The van der Waals surface area contributed by atoms with E-state index in [0.717, 1.165) is 11.3 Å². The van der Waals surface area contributed by atoms with Gasteiger partial charge in [0, 0.05) is 24.8 Å². The van der Waals surface area contributed by atoms with E-state index in [1.807, 2.05) is 12.1 Å². The third-order valence-corrected chi connectivity index (χ3v) is 6.79. The Bertz CT molecular complexity index is 1310. The van der Waals surface area contributed by atoms with Crippen molar-refractivity contribution in [2.45, 2.75) is 12.8 Å². The molecule has 2 aliphatic rings. The first kappa shape index (κ1) is 23.5. The number of hydrogen-bond donors (Lipinski definition) is 2. The lowest BCUT2D eigenvalue weighted by Gasteiger charge is -2.31. The predicted octanol–water partition coefficient (Wildman–Crippen LogP) is 3.02. The van der Waals surface area contributed by atoms with Crippen molar-refractivity contribution >= 4 is 40.4 Å². The molecule has 186 valence electrons. The molecule has 0 unspecified atom stereocenters. The number of aromatic nitrogens is 2. The van der Waals surface area contributed by atoms with Crippen LogP contribution in [0.2, 0.25) is 0 Å². The summed E-state index contributed by atoms with van der Waals surface area (Å²) in [7, 11) is 1.54. The molecule has 0 saturated carbocycles. The summed E-state index contributed by atoms with van der Waals surface area (Å²) in [5, 5.41) is 13.6. The van der Waals surface area contributed by atoms with Gasteiger partial charge in [0.05, 0.1) is 18.7 Å². The van der Waals surface area contributed by atoms with E-state index in [2.05, 4.69) is 20.8 Å². The normalized spacial score (nSPS) is 16.4. The van der Waals surface area contributed by atoms with E-state index >= 15 is 0 Å². The number of nitrogens with zero attached hydrogens (tertiary/aromatic N) is 3. The van der Waals surface area contributed by atoms with Crippen molar-refractivity contribution in [2.24, 2.45) is 5.92 Å². The molecule has 2 aromatic carbocycles. The zero-order chi connectivity index (χ0) is 25.1. The van der Waals surface area contributed by atoms with Crippen LogP contribution in [0.1, 0.15) is 32.4 Å². The number of ether oxygens (including phenoxy) is 3. The Balaban J connectivity index is 1.21. The van der Waals surface area contributed by atoms with Gasteiger partial charge >= 0.3 is 0 Å². The molecule has 3 amide bonds. The van der Waals surface area contributed by atoms with Crippen molar-refractivity contribution < 1.29 is 28.6 Å². The maximum atomic E-state index is 13.1. The Labute approximate surface area is 210 Å². The van der Waals surface area contributed by atoms with Crippen molar-refractivity contribution in [1.29, 1.82) is 0 Å². The molecule has 12 heteroatoms. The van der Waals surface area contributed by atoms with Gasteiger partial charge in [-0.25, -0.2) is 0 Å². The highest BCUT2D eigenvalue weighted by Gasteiger charge is 2.31. The molecule has 11 nitrogen and oxygen atoms in total. The number of benzene rings is 2. The van der Waals surface area contributed by atoms with Gasteiger partial charge in [-0.15, -0.1) is 10.2 Å². The van der Waals surface area contributed by atoms with Crippen molar-refractivity contribution in [3.05, 3.63) is 52.5 Å². The van der Waals surface area contributed by atoms with Gasteiger partial charge in [-0.1, -0.05) is 23.5 Å². The maximum absolute atomic E-state index is 13.1. The van der Waals surface area contributed by atoms with Crippen LogP contribution < -0.4 is 24.8 Å². The van der Waals surface area contributed by atoms with Crippen LogP contribution in [0, 0.1) is 5.92 Å². The molecule has 3 aromatic rings. The molecule has 0 aliphatic carbocycles. The smallest absolute Gasteiger partial charge is 0.286 e. The topological polar surface area (TPSA) is 132 Å². The second-order valence-corrected chi connectivity index (χ2v) is 9.19. The van der Waals surface area contributed by atoms with Crippen molar-refractivity contribution in [1.82, 2.24) is 15.1 Å². The summed E-state index contributed by atoms with van der Waals surface area (Å²) in [5.74, 6) is 0.300. The summed E-state index contributed by atoms with van der Waals surface area (Å²) >= 11 is 0.906. The number of anilines is 2. The number of hydrogen-bond acceptors (Lipinski definition) is 9. The lowest BCUT2D eigenvalue weighted by atomic mass is 9.97. The average molecular weight is 510 g/mol. The van der Waals surface area contributed by atoms with Crippen LogP contribution in [0.4, 0.5) is 11.4 Å². The minimum atomic E-state index is -0.488. The highest BCUT2D eigenvalue weighted by atomic mass is 32.1. The largest absolute Gasteiger partial charge is 0.495 e. The number of piperidine rings is 1. The lowest BCUT2D eigenvalue weighted by molar-refractivity contribution is -0.121. The molecule has 0 bridgehead atoms. The van der Waals surface area contributed by atoms with Gasteiger partial charge in [0.2, 0.25) is 22.7 Å². The quantitative estimate of drug-likeness (QED) is 0.518. The fraction of sp³-hybridized carbons (Fsp3) is 0.292. The summed E-state index contributed by atoms with van der Waals surface area (Å²) in [6.45, 7) is 0.877. The number of carbonyl (C=O) groups excluding carboxylic acids is 3. The third kappa shape index (κ3) is 4.93. The zero-order valence-electron chi connectivity index (χ0n) is 19.4. The van der Waals surface area contributed by atoms with Gasteiger partial charge in [0.1, 0.15) is 5.75 Å². The first-order valence-corrected chi connectivity index (χ1v) is 12.1. The molecule has 3 heterocycles.